The second-order valence-corrected chi connectivity index (χ2v) is 9.01. The largest absolute Gasteiger partial charge is 0.470 e. The van der Waals surface area contributed by atoms with Crippen LogP contribution < -0.4 is 9.64 Å². The zero-order valence-corrected chi connectivity index (χ0v) is 18.4. The highest BCUT2D eigenvalue weighted by Crippen LogP contribution is 2.30. The summed E-state index contributed by atoms with van der Waals surface area (Å²) in [6, 6.07) is 8.52. The van der Waals surface area contributed by atoms with E-state index in [1.165, 1.54) is 11.3 Å². The second-order valence-electron chi connectivity index (χ2n) is 8.07. The third-order valence-electron chi connectivity index (χ3n) is 5.49. The van der Waals surface area contributed by atoms with Gasteiger partial charge in [0.05, 0.1) is 12.3 Å². The Bertz CT molecular complexity index is 1150. The Kier molecular flexibility index (Phi) is 5.50. The average molecular weight is 437 g/mol. The monoisotopic (exact) mass is 436 g/mol. The lowest BCUT2D eigenvalue weighted by molar-refractivity contribution is 0.219. The van der Waals surface area contributed by atoms with Gasteiger partial charge in [0.25, 0.3) is 5.19 Å². The summed E-state index contributed by atoms with van der Waals surface area (Å²) in [7, 11) is 0. The highest BCUT2D eigenvalue weighted by atomic mass is 32.1. The molecule has 0 unspecified atom stereocenters. The van der Waals surface area contributed by atoms with Gasteiger partial charge in [-0.25, -0.2) is 9.97 Å². The third-order valence-corrected chi connectivity index (χ3v) is 6.36. The van der Waals surface area contributed by atoms with Gasteiger partial charge in [-0.1, -0.05) is 30.3 Å². The van der Waals surface area contributed by atoms with Gasteiger partial charge in [0.2, 0.25) is 0 Å². The fourth-order valence-corrected chi connectivity index (χ4v) is 4.41. The van der Waals surface area contributed by atoms with E-state index in [9.17, 15) is 0 Å². The van der Waals surface area contributed by atoms with Gasteiger partial charge >= 0.3 is 6.01 Å². The Labute approximate surface area is 184 Å². The Morgan fingerprint density at radius 1 is 1.10 bits per heavy atom. The predicted molar refractivity (Wildman–Crippen MR) is 119 cm³/mol. The van der Waals surface area contributed by atoms with Crippen molar-refractivity contribution in [1.29, 1.82) is 0 Å². The van der Waals surface area contributed by atoms with Gasteiger partial charge in [-0.2, -0.15) is 4.98 Å². The number of aromatic nitrogens is 5. The topological polar surface area (TPSA) is 90.1 Å². The van der Waals surface area contributed by atoms with Crippen LogP contribution in [0.25, 0.3) is 21.6 Å². The van der Waals surface area contributed by atoms with Crippen LogP contribution in [0.2, 0.25) is 0 Å². The van der Waals surface area contributed by atoms with Crippen LogP contribution in [0.5, 0.6) is 5.19 Å². The molecule has 160 valence electrons. The molecular formula is C22H24N6O2S. The maximum atomic E-state index is 6.04. The number of anilines is 1. The molecule has 1 fully saturated rings. The molecule has 0 aliphatic carbocycles. The van der Waals surface area contributed by atoms with Gasteiger partial charge < -0.3 is 14.2 Å². The van der Waals surface area contributed by atoms with Crippen LogP contribution in [-0.2, 0) is 0 Å². The number of pyridine rings is 2. The quantitative estimate of drug-likeness (QED) is 0.435. The lowest BCUT2D eigenvalue weighted by atomic mass is 9.98. The Hall–Kier alpha value is -3.07. The lowest BCUT2D eigenvalue weighted by Crippen LogP contribution is -2.35. The molecule has 0 aromatic carbocycles. The number of nitrogens with zero attached hydrogens (tertiary/aromatic N) is 6. The number of hydrogen-bond donors (Lipinski definition) is 0. The van der Waals surface area contributed by atoms with E-state index in [0.717, 1.165) is 53.4 Å². The molecule has 31 heavy (non-hydrogen) atoms. The average Bonchev–Trinajstić information content (AvgIpc) is 3.45. The van der Waals surface area contributed by atoms with Crippen molar-refractivity contribution in [2.24, 2.45) is 5.92 Å². The van der Waals surface area contributed by atoms with Crippen molar-refractivity contribution in [3.63, 3.8) is 0 Å². The molecule has 0 amide bonds. The molecule has 4 aromatic rings. The van der Waals surface area contributed by atoms with Crippen molar-refractivity contribution in [2.45, 2.75) is 32.6 Å². The standard InChI is InChI=1S/C22H24N6O2S/c1-14(2)19-26-21(30-27-19)28-11-7-15(8-12-28)13-29-22-25-18-4-3-17(24-20(18)31-22)16-5-9-23-10-6-16/h3-6,9-10,14-15H,7-8,11-13H2,1-2H3. The Morgan fingerprint density at radius 3 is 2.65 bits per heavy atom. The zero-order valence-electron chi connectivity index (χ0n) is 17.6. The molecule has 1 saturated heterocycles. The molecular weight excluding hydrogens is 412 g/mol. The van der Waals surface area contributed by atoms with Crippen LogP contribution in [-0.4, -0.2) is 44.8 Å². The summed E-state index contributed by atoms with van der Waals surface area (Å²) in [5, 5.41) is 4.74. The Balaban J connectivity index is 1.18. The summed E-state index contributed by atoms with van der Waals surface area (Å²) in [5.74, 6) is 1.51. The lowest BCUT2D eigenvalue weighted by Gasteiger charge is -2.30. The summed E-state index contributed by atoms with van der Waals surface area (Å²) in [6.45, 7) is 6.58. The minimum atomic E-state index is 0.271. The molecule has 0 atom stereocenters. The van der Waals surface area contributed by atoms with Crippen molar-refractivity contribution in [1.82, 2.24) is 25.1 Å². The Morgan fingerprint density at radius 2 is 1.90 bits per heavy atom. The molecule has 0 saturated carbocycles. The minimum Gasteiger partial charge on any atom is -0.470 e. The first-order valence-corrected chi connectivity index (χ1v) is 11.4. The SMILES string of the molecule is CC(C)c1noc(N2CCC(COc3nc4ccc(-c5ccncc5)nc4s3)CC2)n1. The second kappa shape index (κ2) is 8.58. The number of thiazole rings is 1. The van der Waals surface area contributed by atoms with Gasteiger partial charge in [0.15, 0.2) is 5.82 Å². The minimum absolute atomic E-state index is 0.271. The maximum absolute atomic E-state index is 6.04. The number of piperidine rings is 1. The van der Waals surface area contributed by atoms with Gasteiger partial charge in [0, 0.05) is 37.0 Å². The fraction of sp³-hybridized carbons (Fsp3) is 0.409. The van der Waals surface area contributed by atoms with E-state index in [1.54, 1.807) is 12.4 Å². The van der Waals surface area contributed by atoms with E-state index in [0.29, 0.717) is 23.7 Å². The molecule has 0 bridgehead atoms. The molecule has 5 rings (SSSR count). The van der Waals surface area contributed by atoms with Gasteiger partial charge in [-0.05, 0) is 43.0 Å². The van der Waals surface area contributed by atoms with Crippen LogP contribution in [0.3, 0.4) is 0 Å². The van der Waals surface area contributed by atoms with Gasteiger partial charge in [-0.15, -0.1) is 0 Å². The highest BCUT2D eigenvalue weighted by molar-refractivity contribution is 7.19. The number of rotatable bonds is 6. The predicted octanol–water partition coefficient (Wildman–Crippen LogP) is 4.56. The van der Waals surface area contributed by atoms with Crippen molar-refractivity contribution in [3.05, 3.63) is 42.5 Å². The van der Waals surface area contributed by atoms with Crippen LogP contribution >= 0.6 is 11.3 Å². The number of hydrogen-bond acceptors (Lipinski definition) is 9. The normalized spacial score (nSPS) is 15.1. The smallest absolute Gasteiger partial charge is 0.324 e. The van der Waals surface area contributed by atoms with Crippen molar-refractivity contribution >= 4 is 27.7 Å². The molecule has 1 aliphatic heterocycles. The van der Waals surface area contributed by atoms with Crippen molar-refractivity contribution < 1.29 is 9.26 Å². The molecule has 4 aromatic heterocycles. The summed E-state index contributed by atoms with van der Waals surface area (Å²) in [6.07, 6.45) is 5.59. The molecule has 9 heteroatoms. The van der Waals surface area contributed by atoms with E-state index < -0.39 is 0 Å². The van der Waals surface area contributed by atoms with E-state index in [1.807, 2.05) is 24.3 Å². The van der Waals surface area contributed by atoms with Crippen molar-refractivity contribution in [2.75, 3.05) is 24.6 Å². The van der Waals surface area contributed by atoms with E-state index in [-0.39, 0.29) is 5.92 Å². The molecule has 1 aliphatic rings. The van der Waals surface area contributed by atoms with Crippen molar-refractivity contribution in [3.8, 4) is 16.5 Å². The number of fused-ring (bicyclic) bond motifs is 1. The zero-order chi connectivity index (χ0) is 21.2. The van der Waals surface area contributed by atoms with Crippen LogP contribution in [0.4, 0.5) is 6.01 Å². The molecule has 8 nitrogen and oxygen atoms in total. The van der Waals surface area contributed by atoms with E-state index >= 15 is 0 Å². The summed E-state index contributed by atoms with van der Waals surface area (Å²) in [5.41, 5.74) is 2.82. The highest BCUT2D eigenvalue weighted by Gasteiger charge is 2.24. The summed E-state index contributed by atoms with van der Waals surface area (Å²) >= 11 is 1.49. The van der Waals surface area contributed by atoms with E-state index in [2.05, 4.69) is 38.9 Å². The first-order valence-electron chi connectivity index (χ1n) is 10.5. The molecule has 5 heterocycles. The van der Waals surface area contributed by atoms with Crippen LogP contribution in [0.1, 0.15) is 38.4 Å². The van der Waals surface area contributed by atoms with Gasteiger partial charge in [-0.3, -0.25) is 4.98 Å². The fourth-order valence-electron chi connectivity index (χ4n) is 3.61. The van der Waals surface area contributed by atoms with Crippen LogP contribution in [0.15, 0.2) is 41.2 Å². The molecule has 0 spiro atoms. The third kappa shape index (κ3) is 4.36. The van der Waals surface area contributed by atoms with E-state index in [4.69, 9.17) is 14.2 Å². The first-order chi connectivity index (χ1) is 15.2. The molecule has 0 N–H and O–H groups in total. The summed E-state index contributed by atoms with van der Waals surface area (Å²) < 4.78 is 11.5. The maximum Gasteiger partial charge on any atom is 0.324 e. The first kappa shape index (κ1) is 19.9. The number of ether oxygens (including phenoxy) is 1. The summed E-state index contributed by atoms with van der Waals surface area (Å²) in [4.78, 5) is 20.9. The van der Waals surface area contributed by atoms with Crippen LogP contribution in [0, 0.1) is 5.92 Å². The molecule has 0 radical (unpaired) electrons. The van der Waals surface area contributed by atoms with Gasteiger partial charge in [0.1, 0.15) is 10.3 Å².